The predicted molar refractivity (Wildman–Crippen MR) is 107 cm³/mol. The lowest BCUT2D eigenvalue weighted by Gasteiger charge is -2.24. The van der Waals surface area contributed by atoms with Crippen LogP contribution in [0, 0.1) is 8.98 Å². The van der Waals surface area contributed by atoms with Gasteiger partial charge in [-0.05, 0) is 65.3 Å². The van der Waals surface area contributed by atoms with Crippen molar-refractivity contribution < 1.29 is 9.59 Å². The van der Waals surface area contributed by atoms with E-state index in [2.05, 4.69) is 27.9 Å². The van der Waals surface area contributed by atoms with Crippen LogP contribution in [0.5, 0.6) is 0 Å². The van der Waals surface area contributed by atoms with Crippen molar-refractivity contribution in [3.05, 3.63) is 45.5 Å². The summed E-state index contributed by atoms with van der Waals surface area (Å²) in [7, 11) is 0. The van der Waals surface area contributed by atoms with Crippen molar-refractivity contribution >= 4 is 50.9 Å². The highest BCUT2D eigenvalue weighted by Crippen LogP contribution is 2.24. The highest BCUT2D eigenvalue weighted by atomic mass is 127. The van der Waals surface area contributed by atoms with Crippen LogP contribution in [-0.2, 0) is 4.79 Å². The third-order valence-electron chi connectivity index (χ3n) is 4.59. The third-order valence-corrected chi connectivity index (χ3v) is 5.53. The van der Waals surface area contributed by atoms with Crippen LogP contribution in [0.15, 0.2) is 36.4 Å². The van der Waals surface area contributed by atoms with E-state index in [1.54, 1.807) is 17.9 Å². The standard InChI is InChI=1S/C19H20IN3O2/c1-12(21)17-9-4-10-23(17)18(24)11-22-19(25)15-7-2-6-14-13(15)5-3-8-16(14)20/h2-3,5-8,17,21H,4,9-11H2,1H3,(H,22,25)/t17-/m0/s1. The number of fused-ring (bicyclic) bond motifs is 1. The van der Waals surface area contributed by atoms with Gasteiger partial charge >= 0.3 is 0 Å². The number of carbonyl (C=O) groups excluding carboxylic acids is 2. The average Bonchev–Trinajstić information content (AvgIpc) is 3.09. The third kappa shape index (κ3) is 3.68. The molecule has 0 unspecified atom stereocenters. The summed E-state index contributed by atoms with van der Waals surface area (Å²) in [4.78, 5) is 26.7. The van der Waals surface area contributed by atoms with Gasteiger partial charge in [-0.1, -0.05) is 24.3 Å². The van der Waals surface area contributed by atoms with Gasteiger partial charge in [-0.25, -0.2) is 0 Å². The van der Waals surface area contributed by atoms with E-state index in [9.17, 15) is 9.59 Å². The van der Waals surface area contributed by atoms with Crippen LogP contribution in [0.4, 0.5) is 0 Å². The fourth-order valence-corrected chi connectivity index (χ4v) is 4.02. The van der Waals surface area contributed by atoms with E-state index in [-0.39, 0.29) is 24.4 Å². The molecule has 0 spiro atoms. The first-order valence-electron chi connectivity index (χ1n) is 8.29. The Morgan fingerprint density at radius 2 is 1.96 bits per heavy atom. The van der Waals surface area contributed by atoms with Crippen LogP contribution < -0.4 is 5.32 Å². The van der Waals surface area contributed by atoms with E-state index >= 15 is 0 Å². The monoisotopic (exact) mass is 449 g/mol. The van der Waals surface area contributed by atoms with Gasteiger partial charge in [0.15, 0.2) is 0 Å². The van der Waals surface area contributed by atoms with Gasteiger partial charge < -0.3 is 15.6 Å². The highest BCUT2D eigenvalue weighted by Gasteiger charge is 2.30. The lowest BCUT2D eigenvalue weighted by Crippen LogP contribution is -2.44. The largest absolute Gasteiger partial charge is 0.343 e. The van der Waals surface area contributed by atoms with Crippen molar-refractivity contribution in [2.45, 2.75) is 25.8 Å². The first-order valence-corrected chi connectivity index (χ1v) is 9.37. The maximum atomic E-state index is 12.6. The van der Waals surface area contributed by atoms with Crippen molar-refractivity contribution in [3.63, 3.8) is 0 Å². The number of nitrogens with zero attached hydrogens (tertiary/aromatic N) is 1. The van der Waals surface area contributed by atoms with Crippen molar-refractivity contribution in [1.82, 2.24) is 10.2 Å². The topological polar surface area (TPSA) is 73.3 Å². The Labute approximate surface area is 160 Å². The molecule has 3 rings (SSSR count). The quantitative estimate of drug-likeness (QED) is 0.556. The molecule has 25 heavy (non-hydrogen) atoms. The number of amides is 2. The summed E-state index contributed by atoms with van der Waals surface area (Å²) in [5, 5.41) is 12.5. The number of hydrogen-bond donors (Lipinski definition) is 2. The molecule has 0 aromatic heterocycles. The van der Waals surface area contributed by atoms with Crippen LogP contribution in [0.25, 0.3) is 10.8 Å². The molecule has 6 heteroatoms. The minimum absolute atomic E-state index is 0.0388. The van der Waals surface area contributed by atoms with E-state index in [0.717, 1.165) is 27.2 Å². The van der Waals surface area contributed by atoms with Crippen molar-refractivity contribution in [2.24, 2.45) is 0 Å². The van der Waals surface area contributed by atoms with Crippen molar-refractivity contribution in [2.75, 3.05) is 13.1 Å². The fourth-order valence-electron chi connectivity index (χ4n) is 3.34. The van der Waals surface area contributed by atoms with Gasteiger partial charge in [-0.2, -0.15) is 0 Å². The fraction of sp³-hybridized carbons (Fsp3) is 0.316. The van der Waals surface area contributed by atoms with E-state index < -0.39 is 0 Å². The van der Waals surface area contributed by atoms with Gasteiger partial charge in [0.1, 0.15) is 0 Å². The van der Waals surface area contributed by atoms with Crippen molar-refractivity contribution in [3.8, 4) is 0 Å². The second-order valence-electron chi connectivity index (χ2n) is 6.25. The summed E-state index contributed by atoms with van der Waals surface area (Å²) >= 11 is 2.25. The lowest BCUT2D eigenvalue weighted by atomic mass is 10.0. The summed E-state index contributed by atoms with van der Waals surface area (Å²) in [5.74, 6) is -0.375. The average molecular weight is 449 g/mol. The molecule has 0 radical (unpaired) electrons. The molecule has 1 saturated heterocycles. The van der Waals surface area contributed by atoms with Crippen molar-refractivity contribution in [1.29, 1.82) is 5.41 Å². The smallest absolute Gasteiger partial charge is 0.252 e. The van der Waals surface area contributed by atoms with E-state index in [1.807, 2.05) is 30.3 Å². The molecule has 1 aliphatic rings. The van der Waals surface area contributed by atoms with Gasteiger partial charge in [0, 0.05) is 21.4 Å². The van der Waals surface area contributed by atoms with Crippen LogP contribution in [0.2, 0.25) is 0 Å². The molecule has 0 bridgehead atoms. The Bertz CT molecular complexity index is 850. The Hall–Kier alpha value is -1.96. The Morgan fingerprint density at radius 1 is 1.24 bits per heavy atom. The van der Waals surface area contributed by atoms with Crippen LogP contribution in [0.1, 0.15) is 30.1 Å². The van der Waals surface area contributed by atoms with Gasteiger partial charge in [-0.3, -0.25) is 9.59 Å². The Morgan fingerprint density at radius 3 is 2.72 bits per heavy atom. The van der Waals surface area contributed by atoms with E-state index in [0.29, 0.717) is 17.8 Å². The molecule has 1 fully saturated rings. The molecule has 1 aliphatic heterocycles. The normalized spacial score (nSPS) is 16.9. The van der Waals surface area contributed by atoms with Crippen LogP contribution >= 0.6 is 22.6 Å². The molecule has 2 amide bonds. The maximum Gasteiger partial charge on any atom is 0.252 e. The SMILES string of the molecule is CC(=N)[C@@H]1CCCN1C(=O)CNC(=O)c1cccc2c(I)cccc12. The number of carbonyl (C=O) groups is 2. The zero-order valence-electron chi connectivity index (χ0n) is 14.0. The summed E-state index contributed by atoms with van der Waals surface area (Å²) in [6, 6.07) is 11.3. The Balaban J connectivity index is 1.72. The molecule has 2 N–H and O–H groups in total. The second kappa shape index (κ2) is 7.51. The number of nitrogens with one attached hydrogen (secondary N) is 2. The zero-order valence-corrected chi connectivity index (χ0v) is 16.2. The molecule has 130 valence electrons. The summed E-state index contributed by atoms with van der Waals surface area (Å²) < 4.78 is 1.09. The predicted octanol–water partition coefficient (Wildman–Crippen LogP) is 3.20. The minimum Gasteiger partial charge on any atom is -0.343 e. The maximum absolute atomic E-state index is 12.6. The second-order valence-corrected chi connectivity index (χ2v) is 7.41. The van der Waals surface area contributed by atoms with E-state index in [1.165, 1.54) is 0 Å². The molecular formula is C19H20IN3O2. The molecule has 0 aliphatic carbocycles. The van der Waals surface area contributed by atoms with Gasteiger partial charge in [0.25, 0.3) is 5.91 Å². The number of hydrogen-bond acceptors (Lipinski definition) is 3. The number of rotatable bonds is 4. The summed E-state index contributed by atoms with van der Waals surface area (Å²) in [6.45, 7) is 2.34. The first kappa shape index (κ1) is 17.8. The van der Waals surface area contributed by atoms with Gasteiger partial charge in [0.05, 0.1) is 12.6 Å². The molecule has 0 saturated carbocycles. The summed E-state index contributed by atoms with van der Waals surface area (Å²) in [6.07, 6.45) is 1.74. The molecule has 1 atom stereocenters. The number of halogens is 1. The molecule has 2 aromatic carbocycles. The van der Waals surface area contributed by atoms with Crippen LogP contribution in [0.3, 0.4) is 0 Å². The summed E-state index contributed by atoms with van der Waals surface area (Å²) in [5.41, 5.74) is 1.07. The lowest BCUT2D eigenvalue weighted by molar-refractivity contribution is -0.129. The number of likely N-dealkylation sites (tertiary alicyclic amines) is 1. The number of benzene rings is 2. The zero-order chi connectivity index (χ0) is 18.0. The van der Waals surface area contributed by atoms with Crippen LogP contribution in [-0.4, -0.2) is 41.6 Å². The molecule has 1 heterocycles. The van der Waals surface area contributed by atoms with Gasteiger partial charge in [-0.15, -0.1) is 0 Å². The molecular weight excluding hydrogens is 429 g/mol. The first-order chi connectivity index (χ1) is 12.0. The Kier molecular flexibility index (Phi) is 5.36. The minimum atomic E-state index is -0.247. The van der Waals surface area contributed by atoms with E-state index in [4.69, 9.17) is 5.41 Å². The van der Waals surface area contributed by atoms with Gasteiger partial charge in [0.2, 0.25) is 5.91 Å². The molecule has 2 aromatic rings. The highest BCUT2D eigenvalue weighted by molar-refractivity contribution is 14.1. The molecule has 5 nitrogen and oxygen atoms in total.